The molecule has 0 N–H and O–H groups in total. The maximum absolute atomic E-state index is 13.0. The molecule has 0 saturated carbocycles. The fourth-order valence-electron chi connectivity index (χ4n) is 3.12. The Morgan fingerprint density at radius 3 is 2.27 bits per heavy atom. The molecule has 158 valence electrons. The molecule has 0 aliphatic rings. The lowest BCUT2D eigenvalue weighted by molar-refractivity contribution is -0.0802. The molecule has 0 unspecified atom stereocenters. The highest BCUT2D eigenvalue weighted by Gasteiger charge is 2.28. The first-order chi connectivity index (χ1) is 14.1. The second-order valence-electron chi connectivity index (χ2n) is 7.64. The lowest BCUT2D eigenvalue weighted by Crippen LogP contribution is -2.19. The van der Waals surface area contributed by atoms with E-state index < -0.39 is 5.02 Å². The highest BCUT2D eigenvalue weighted by Crippen LogP contribution is 2.37. The summed E-state index contributed by atoms with van der Waals surface area (Å²) in [5.41, 5.74) is 1.89. The SMILES string of the molecule is CC(C)(CCc1cccc(Oc2ccccc2)c1)c1ccc(OC(F)(F)Br)c(Cl)c1. The van der Waals surface area contributed by atoms with Crippen LogP contribution in [0.25, 0.3) is 0 Å². The van der Waals surface area contributed by atoms with Gasteiger partial charge in [-0.05, 0) is 65.8 Å². The molecule has 0 amide bonds. The van der Waals surface area contributed by atoms with Gasteiger partial charge in [0.15, 0.2) is 0 Å². The predicted molar refractivity (Wildman–Crippen MR) is 120 cm³/mol. The van der Waals surface area contributed by atoms with Crippen molar-refractivity contribution in [3.05, 3.63) is 88.9 Å². The summed E-state index contributed by atoms with van der Waals surface area (Å²) in [6, 6.07) is 22.6. The molecule has 0 atom stereocenters. The normalized spacial score (nSPS) is 11.9. The zero-order chi connectivity index (χ0) is 21.8. The molecular weight excluding hydrogens is 474 g/mol. The first-order valence-corrected chi connectivity index (χ1v) is 10.7. The van der Waals surface area contributed by atoms with Gasteiger partial charge in [-0.25, -0.2) is 0 Å². The van der Waals surface area contributed by atoms with Crippen molar-refractivity contribution in [1.82, 2.24) is 0 Å². The van der Waals surface area contributed by atoms with Gasteiger partial charge in [-0.2, -0.15) is 8.78 Å². The Bertz CT molecular complexity index is 988. The summed E-state index contributed by atoms with van der Waals surface area (Å²) < 4.78 is 36.5. The van der Waals surface area contributed by atoms with Gasteiger partial charge in [0.05, 0.1) is 5.02 Å². The molecule has 0 saturated heterocycles. The summed E-state index contributed by atoms with van der Waals surface area (Å²) in [5.74, 6) is 1.52. The van der Waals surface area contributed by atoms with Crippen LogP contribution in [-0.2, 0) is 11.8 Å². The minimum absolute atomic E-state index is 0.0659. The van der Waals surface area contributed by atoms with Gasteiger partial charge < -0.3 is 9.47 Å². The Hall–Kier alpha value is -2.11. The van der Waals surface area contributed by atoms with Crippen molar-refractivity contribution in [3.8, 4) is 17.2 Å². The van der Waals surface area contributed by atoms with Crippen LogP contribution in [-0.4, -0.2) is 5.02 Å². The Morgan fingerprint density at radius 1 is 0.900 bits per heavy atom. The number of rotatable bonds is 8. The van der Waals surface area contributed by atoms with E-state index in [2.05, 4.69) is 40.6 Å². The minimum atomic E-state index is -3.46. The van der Waals surface area contributed by atoms with E-state index in [1.54, 1.807) is 12.1 Å². The summed E-state index contributed by atoms with van der Waals surface area (Å²) in [6.45, 7) is 4.20. The van der Waals surface area contributed by atoms with Gasteiger partial charge in [-0.3, -0.25) is 0 Å². The maximum Gasteiger partial charge on any atom is 0.459 e. The molecule has 0 aliphatic heterocycles. The molecule has 0 heterocycles. The lowest BCUT2D eigenvalue weighted by atomic mass is 9.79. The van der Waals surface area contributed by atoms with Gasteiger partial charge in [0.2, 0.25) is 0 Å². The number of hydrogen-bond acceptors (Lipinski definition) is 2. The molecule has 3 aromatic rings. The average molecular weight is 496 g/mol. The van der Waals surface area contributed by atoms with Crippen LogP contribution in [0.5, 0.6) is 17.2 Å². The molecule has 0 aromatic heterocycles. The lowest BCUT2D eigenvalue weighted by Gasteiger charge is -2.26. The van der Waals surface area contributed by atoms with Crippen molar-refractivity contribution >= 4 is 27.5 Å². The number of halogens is 4. The molecule has 0 aliphatic carbocycles. The smallest absolute Gasteiger partial charge is 0.457 e. The topological polar surface area (TPSA) is 18.5 Å². The van der Waals surface area contributed by atoms with Crippen LogP contribution in [0, 0.1) is 0 Å². The van der Waals surface area contributed by atoms with E-state index in [1.807, 2.05) is 48.5 Å². The minimum Gasteiger partial charge on any atom is -0.457 e. The summed E-state index contributed by atoms with van der Waals surface area (Å²) in [7, 11) is 0. The summed E-state index contributed by atoms with van der Waals surface area (Å²) in [4.78, 5) is 0. The fraction of sp³-hybridized carbons (Fsp3) is 0.250. The predicted octanol–water partition coefficient (Wildman–Crippen LogP) is 8.37. The van der Waals surface area contributed by atoms with E-state index >= 15 is 0 Å². The van der Waals surface area contributed by atoms with Crippen LogP contribution in [0.2, 0.25) is 5.02 Å². The monoisotopic (exact) mass is 494 g/mol. The molecule has 0 spiro atoms. The van der Waals surface area contributed by atoms with Crippen LogP contribution in [0.4, 0.5) is 8.78 Å². The Balaban J connectivity index is 1.67. The second-order valence-corrected chi connectivity index (χ2v) is 8.97. The van der Waals surface area contributed by atoms with Crippen molar-refractivity contribution in [2.75, 3.05) is 0 Å². The van der Waals surface area contributed by atoms with Crippen LogP contribution < -0.4 is 9.47 Å². The van der Waals surface area contributed by atoms with Crippen LogP contribution >= 0.6 is 27.5 Å². The summed E-state index contributed by atoms with van der Waals surface area (Å²) in [6.07, 6.45) is 1.67. The van der Waals surface area contributed by atoms with Gasteiger partial charge in [0.25, 0.3) is 0 Å². The Morgan fingerprint density at radius 2 is 1.60 bits per heavy atom. The Kier molecular flexibility index (Phi) is 7.04. The number of benzene rings is 3. The summed E-state index contributed by atoms with van der Waals surface area (Å²) in [5, 5.41) is -3.31. The van der Waals surface area contributed by atoms with Crippen LogP contribution in [0.15, 0.2) is 72.8 Å². The molecule has 30 heavy (non-hydrogen) atoms. The van der Waals surface area contributed by atoms with Crippen LogP contribution in [0.1, 0.15) is 31.4 Å². The average Bonchev–Trinajstić information content (AvgIpc) is 2.68. The van der Waals surface area contributed by atoms with E-state index in [9.17, 15) is 8.78 Å². The van der Waals surface area contributed by atoms with E-state index in [4.69, 9.17) is 16.3 Å². The van der Waals surface area contributed by atoms with E-state index in [-0.39, 0.29) is 16.2 Å². The zero-order valence-corrected chi connectivity index (χ0v) is 19.0. The van der Waals surface area contributed by atoms with E-state index in [1.165, 1.54) is 6.07 Å². The van der Waals surface area contributed by atoms with E-state index in [0.717, 1.165) is 35.5 Å². The number of hydrogen-bond donors (Lipinski definition) is 0. The Labute approximate surface area is 188 Å². The third-order valence-electron chi connectivity index (χ3n) is 4.86. The van der Waals surface area contributed by atoms with Crippen molar-refractivity contribution in [2.24, 2.45) is 0 Å². The first-order valence-electron chi connectivity index (χ1n) is 9.50. The standard InChI is InChI=1S/C24H22BrClF2O2/c1-23(2,18-11-12-22(21(26)16-18)30-24(25,27)28)14-13-17-7-6-10-20(15-17)29-19-8-4-3-5-9-19/h3-12,15-16H,13-14H2,1-2H3. The number of alkyl halides is 3. The molecule has 0 radical (unpaired) electrons. The molecule has 0 bridgehead atoms. The fourth-order valence-corrected chi connectivity index (χ4v) is 3.51. The van der Waals surface area contributed by atoms with Crippen molar-refractivity contribution in [1.29, 1.82) is 0 Å². The van der Waals surface area contributed by atoms with Crippen molar-refractivity contribution in [2.45, 2.75) is 37.1 Å². The maximum atomic E-state index is 13.0. The third-order valence-corrected chi connectivity index (χ3v) is 5.31. The summed E-state index contributed by atoms with van der Waals surface area (Å²) >= 11 is 8.32. The molecule has 3 rings (SSSR count). The molecular formula is C24H22BrClF2O2. The van der Waals surface area contributed by atoms with Gasteiger partial charge >= 0.3 is 5.02 Å². The number of aryl methyl sites for hydroxylation is 1. The highest BCUT2D eigenvalue weighted by molar-refractivity contribution is 9.09. The van der Waals surface area contributed by atoms with Gasteiger partial charge in [0, 0.05) is 15.9 Å². The van der Waals surface area contributed by atoms with Gasteiger partial charge in [-0.1, -0.05) is 61.8 Å². The third kappa shape index (κ3) is 6.44. The largest absolute Gasteiger partial charge is 0.459 e. The molecule has 0 fully saturated rings. The number of para-hydroxylation sites is 1. The second kappa shape index (κ2) is 9.36. The van der Waals surface area contributed by atoms with Crippen LogP contribution in [0.3, 0.4) is 0 Å². The molecule has 2 nitrogen and oxygen atoms in total. The molecule has 3 aromatic carbocycles. The van der Waals surface area contributed by atoms with E-state index in [0.29, 0.717) is 0 Å². The quantitative estimate of drug-likeness (QED) is 0.292. The first kappa shape index (κ1) is 22.6. The highest BCUT2D eigenvalue weighted by atomic mass is 79.9. The molecule has 6 heteroatoms. The van der Waals surface area contributed by atoms with Gasteiger partial charge in [-0.15, -0.1) is 0 Å². The van der Waals surface area contributed by atoms with Crippen molar-refractivity contribution < 1.29 is 18.3 Å². The van der Waals surface area contributed by atoms with Gasteiger partial charge in [0.1, 0.15) is 17.2 Å². The number of ether oxygens (including phenoxy) is 2. The zero-order valence-electron chi connectivity index (χ0n) is 16.7. The van der Waals surface area contributed by atoms with Crippen molar-refractivity contribution in [3.63, 3.8) is 0 Å².